The van der Waals surface area contributed by atoms with Crippen molar-refractivity contribution in [1.82, 2.24) is 0 Å². The highest BCUT2D eigenvalue weighted by atomic mass is 19.0. The summed E-state index contributed by atoms with van der Waals surface area (Å²) in [6.45, 7) is 15.1. The SMILES string of the molecule is CC.CC.CC1CCC(C(C)C)C1.F. The normalized spacial score (nSPS) is 24.0. The quantitative estimate of drug-likeness (QED) is 0.547. The molecule has 1 heteroatoms. The van der Waals surface area contributed by atoms with Crippen molar-refractivity contribution >= 4 is 0 Å². The lowest BCUT2D eigenvalue weighted by atomic mass is 9.94. The second-order valence-corrected chi connectivity index (χ2v) is 3.92. The highest BCUT2D eigenvalue weighted by Crippen LogP contribution is 2.34. The van der Waals surface area contributed by atoms with Gasteiger partial charge in [0, 0.05) is 0 Å². The Bertz CT molecular complexity index is 89.2. The van der Waals surface area contributed by atoms with Crippen molar-refractivity contribution in [3.63, 3.8) is 0 Å². The van der Waals surface area contributed by atoms with Crippen LogP contribution in [0, 0.1) is 17.8 Å². The van der Waals surface area contributed by atoms with Crippen molar-refractivity contribution in [2.24, 2.45) is 17.8 Å². The Balaban J connectivity index is -0.000000216. The third-order valence-electron chi connectivity index (χ3n) is 2.68. The smallest absolute Gasteiger partial charge is 0.0388 e. The van der Waals surface area contributed by atoms with Crippen LogP contribution in [-0.2, 0) is 0 Å². The van der Waals surface area contributed by atoms with Gasteiger partial charge in [0.2, 0.25) is 0 Å². The molecule has 0 nitrogen and oxygen atoms in total. The lowest BCUT2D eigenvalue weighted by Crippen LogP contribution is -2.02. The summed E-state index contributed by atoms with van der Waals surface area (Å²) in [4.78, 5) is 0. The van der Waals surface area contributed by atoms with Gasteiger partial charge in [0.05, 0.1) is 0 Å². The molecule has 0 aliphatic heterocycles. The van der Waals surface area contributed by atoms with Crippen molar-refractivity contribution in [2.75, 3.05) is 0 Å². The zero-order valence-electron chi connectivity index (χ0n) is 11.3. The molecule has 1 aliphatic carbocycles. The van der Waals surface area contributed by atoms with E-state index in [0.29, 0.717) is 0 Å². The Morgan fingerprint density at radius 1 is 0.929 bits per heavy atom. The van der Waals surface area contributed by atoms with Crippen LogP contribution in [0.2, 0.25) is 0 Å². The minimum atomic E-state index is 0. The lowest BCUT2D eigenvalue weighted by molar-refractivity contribution is 0.384. The summed E-state index contributed by atoms with van der Waals surface area (Å²) in [7, 11) is 0. The first-order chi connectivity index (χ1) is 6.20. The molecule has 2 atom stereocenters. The van der Waals surface area contributed by atoms with Crippen LogP contribution < -0.4 is 0 Å². The summed E-state index contributed by atoms with van der Waals surface area (Å²) in [5, 5.41) is 0. The minimum Gasteiger partial charge on any atom is -0.269 e. The first-order valence-corrected chi connectivity index (χ1v) is 6.20. The van der Waals surface area contributed by atoms with E-state index in [-0.39, 0.29) is 4.70 Å². The number of rotatable bonds is 1. The van der Waals surface area contributed by atoms with Gasteiger partial charge in [-0.2, -0.15) is 0 Å². The van der Waals surface area contributed by atoms with E-state index in [1.54, 1.807) is 0 Å². The van der Waals surface area contributed by atoms with E-state index >= 15 is 0 Å². The van der Waals surface area contributed by atoms with E-state index in [4.69, 9.17) is 0 Å². The molecule has 0 saturated heterocycles. The molecule has 0 N–H and O–H groups in total. The van der Waals surface area contributed by atoms with Crippen molar-refractivity contribution < 1.29 is 4.70 Å². The van der Waals surface area contributed by atoms with Gasteiger partial charge in [-0.1, -0.05) is 54.9 Å². The Kier molecular flexibility index (Phi) is 18.0. The Morgan fingerprint density at radius 2 is 1.36 bits per heavy atom. The van der Waals surface area contributed by atoms with Gasteiger partial charge in [-0.05, 0) is 30.6 Å². The molecule has 0 amide bonds. The molecule has 1 aliphatic rings. The van der Waals surface area contributed by atoms with Gasteiger partial charge in [-0.3, -0.25) is 4.70 Å². The first kappa shape index (κ1) is 19.5. The van der Waals surface area contributed by atoms with Gasteiger partial charge in [-0.25, -0.2) is 0 Å². The molecule has 14 heavy (non-hydrogen) atoms. The summed E-state index contributed by atoms with van der Waals surface area (Å²) >= 11 is 0. The maximum Gasteiger partial charge on any atom is -0.0388 e. The van der Waals surface area contributed by atoms with Gasteiger partial charge < -0.3 is 0 Å². The standard InChI is InChI=1S/C9H18.2C2H6.FH/c1-7(2)9-5-4-8(3)6-9;2*1-2;/h7-9H,4-6H2,1-3H3;2*1-2H3;1H. The van der Waals surface area contributed by atoms with Gasteiger partial charge >= 0.3 is 0 Å². The highest BCUT2D eigenvalue weighted by molar-refractivity contribution is 4.74. The molecule has 1 saturated carbocycles. The summed E-state index contributed by atoms with van der Waals surface area (Å²) in [5.41, 5.74) is 0. The van der Waals surface area contributed by atoms with Gasteiger partial charge in [0.1, 0.15) is 0 Å². The lowest BCUT2D eigenvalue weighted by Gasteiger charge is -2.12. The Labute approximate surface area is 90.9 Å². The first-order valence-electron chi connectivity index (χ1n) is 6.20. The minimum absolute atomic E-state index is 0. The molecule has 0 bridgehead atoms. The van der Waals surface area contributed by atoms with Crippen molar-refractivity contribution in [1.29, 1.82) is 0 Å². The van der Waals surface area contributed by atoms with Gasteiger partial charge in [0.25, 0.3) is 0 Å². The predicted molar refractivity (Wildman–Crippen MR) is 66.5 cm³/mol. The van der Waals surface area contributed by atoms with E-state index in [1.165, 1.54) is 19.3 Å². The number of hydrogen-bond donors (Lipinski definition) is 0. The highest BCUT2D eigenvalue weighted by Gasteiger charge is 2.23. The average Bonchev–Trinajstić information content (AvgIpc) is 2.59. The van der Waals surface area contributed by atoms with Crippen molar-refractivity contribution in [3.8, 4) is 0 Å². The fourth-order valence-corrected chi connectivity index (χ4v) is 1.86. The summed E-state index contributed by atoms with van der Waals surface area (Å²) in [6, 6.07) is 0. The molecular weight excluding hydrogens is 175 g/mol. The van der Waals surface area contributed by atoms with Gasteiger partial charge in [-0.15, -0.1) is 0 Å². The summed E-state index contributed by atoms with van der Waals surface area (Å²) in [6.07, 6.45) is 4.44. The molecular formula is C13H31F. The summed E-state index contributed by atoms with van der Waals surface area (Å²) < 4.78 is 0. The monoisotopic (exact) mass is 206 g/mol. The van der Waals surface area contributed by atoms with Crippen LogP contribution in [0.3, 0.4) is 0 Å². The van der Waals surface area contributed by atoms with E-state index in [0.717, 1.165) is 17.8 Å². The van der Waals surface area contributed by atoms with Gasteiger partial charge in [0.15, 0.2) is 0 Å². The Hall–Kier alpha value is -0.0700. The topological polar surface area (TPSA) is 0 Å². The van der Waals surface area contributed by atoms with Crippen LogP contribution in [0.5, 0.6) is 0 Å². The van der Waals surface area contributed by atoms with E-state index in [2.05, 4.69) is 20.8 Å². The summed E-state index contributed by atoms with van der Waals surface area (Å²) in [5.74, 6) is 2.98. The zero-order chi connectivity index (χ0) is 10.9. The molecule has 2 unspecified atom stereocenters. The average molecular weight is 206 g/mol. The molecule has 1 rings (SSSR count). The zero-order valence-corrected chi connectivity index (χ0v) is 11.3. The fourth-order valence-electron chi connectivity index (χ4n) is 1.86. The molecule has 0 aromatic rings. The molecule has 0 radical (unpaired) electrons. The second kappa shape index (κ2) is 12.9. The third kappa shape index (κ3) is 8.52. The van der Waals surface area contributed by atoms with Crippen LogP contribution in [0.4, 0.5) is 4.70 Å². The number of hydrogen-bond acceptors (Lipinski definition) is 0. The maximum absolute atomic E-state index is 2.38. The van der Waals surface area contributed by atoms with Crippen LogP contribution in [-0.4, -0.2) is 0 Å². The van der Waals surface area contributed by atoms with Crippen LogP contribution >= 0.6 is 0 Å². The van der Waals surface area contributed by atoms with Crippen molar-refractivity contribution in [2.45, 2.75) is 67.7 Å². The molecule has 0 spiro atoms. The predicted octanol–water partition coefficient (Wildman–Crippen LogP) is 5.28. The molecule has 0 aromatic carbocycles. The largest absolute Gasteiger partial charge is 0.269 e. The fraction of sp³-hybridized carbons (Fsp3) is 1.00. The van der Waals surface area contributed by atoms with Crippen LogP contribution in [0.25, 0.3) is 0 Å². The third-order valence-corrected chi connectivity index (χ3v) is 2.68. The van der Waals surface area contributed by atoms with E-state index < -0.39 is 0 Å². The molecule has 1 fully saturated rings. The molecule has 0 aromatic heterocycles. The van der Waals surface area contributed by atoms with Crippen LogP contribution in [0.1, 0.15) is 67.7 Å². The molecule has 90 valence electrons. The van der Waals surface area contributed by atoms with Crippen molar-refractivity contribution in [3.05, 3.63) is 0 Å². The maximum atomic E-state index is 2.38. The number of halogens is 1. The molecule has 0 heterocycles. The Morgan fingerprint density at radius 3 is 1.50 bits per heavy atom. The van der Waals surface area contributed by atoms with E-state index in [9.17, 15) is 0 Å². The van der Waals surface area contributed by atoms with E-state index in [1.807, 2.05) is 27.7 Å². The van der Waals surface area contributed by atoms with Crippen LogP contribution in [0.15, 0.2) is 0 Å². The second-order valence-electron chi connectivity index (χ2n) is 3.92.